The highest BCUT2D eigenvalue weighted by Gasteiger charge is 2.22. The molecule has 0 heterocycles. The summed E-state index contributed by atoms with van der Waals surface area (Å²) in [5.74, 6) is -0.996. The van der Waals surface area contributed by atoms with Gasteiger partial charge in [-0.05, 0) is 23.8 Å². The smallest absolute Gasteiger partial charge is 0.407 e. The molecule has 2 aromatic rings. The Kier molecular flexibility index (Phi) is 6.14. The minimum absolute atomic E-state index is 0.0693. The molecule has 0 spiro atoms. The predicted molar refractivity (Wildman–Crippen MR) is 89.5 cm³/mol. The molecule has 2 amide bonds. The Bertz CT molecular complexity index is 725. The van der Waals surface area contributed by atoms with Gasteiger partial charge in [0.1, 0.15) is 11.9 Å². The van der Waals surface area contributed by atoms with Crippen LogP contribution < -0.4 is 10.6 Å². The lowest BCUT2D eigenvalue weighted by Crippen LogP contribution is -2.45. The Morgan fingerprint density at radius 2 is 1.92 bits per heavy atom. The van der Waals surface area contributed by atoms with Gasteiger partial charge in [-0.15, -0.1) is 0 Å². The zero-order valence-electron chi connectivity index (χ0n) is 12.9. The number of anilines is 1. The van der Waals surface area contributed by atoms with Gasteiger partial charge in [0.25, 0.3) is 0 Å². The second-order valence-corrected chi connectivity index (χ2v) is 5.40. The van der Waals surface area contributed by atoms with Crippen LogP contribution in [0.1, 0.15) is 5.56 Å². The number of methoxy groups -OCH3 is 1. The van der Waals surface area contributed by atoms with Crippen molar-refractivity contribution in [1.82, 2.24) is 5.32 Å². The van der Waals surface area contributed by atoms with Crippen LogP contribution in [-0.2, 0) is 16.0 Å². The minimum Gasteiger partial charge on any atom is -0.453 e. The van der Waals surface area contributed by atoms with Crippen LogP contribution in [0.3, 0.4) is 0 Å². The van der Waals surface area contributed by atoms with Crippen LogP contribution >= 0.6 is 11.6 Å². The van der Waals surface area contributed by atoms with Crippen LogP contribution in [0, 0.1) is 5.82 Å². The second-order valence-electron chi connectivity index (χ2n) is 4.99. The topological polar surface area (TPSA) is 67.4 Å². The number of halogens is 2. The lowest BCUT2D eigenvalue weighted by molar-refractivity contribution is -0.118. The van der Waals surface area contributed by atoms with Crippen LogP contribution in [0.25, 0.3) is 0 Å². The second kappa shape index (κ2) is 8.31. The molecule has 2 N–H and O–H groups in total. The molecule has 0 radical (unpaired) electrons. The normalized spacial score (nSPS) is 11.5. The van der Waals surface area contributed by atoms with E-state index in [0.29, 0.717) is 0 Å². The molecule has 5 nitrogen and oxygen atoms in total. The molecule has 2 rings (SSSR count). The molecular formula is C17H16ClFN2O3. The Morgan fingerprint density at radius 1 is 1.21 bits per heavy atom. The molecule has 0 aliphatic heterocycles. The Morgan fingerprint density at radius 3 is 2.54 bits per heavy atom. The van der Waals surface area contributed by atoms with Crippen molar-refractivity contribution in [2.24, 2.45) is 0 Å². The fourth-order valence-electron chi connectivity index (χ4n) is 2.07. The summed E-state index contributed by atoms with van der Waals surface area (Å²) in [5, 5.41) is 5.12. The molecule has 0 saturated carbocycles. The van der Waals surface area contributed by atoms with Crippen LogP contribution in [0.15, 0.2) is 48.5 Å². The predicted octanol–water partition coefficient (Wildman–Crippen LogP) is 3.38. The number of nitrogens with one attached hydrogen (secondary N) is 2. The molecule has 1 atom stereocenters. The van der Waals surface area contributed by atoms with E-state index < -0.39 is 23.9 Å². The van der Waals surface area contributed by atoms with Gasteiger partial charge in [0.15, 0.2) is 0 Å². The average molecular weight is 351 g/mol. The van der Waals surface area contributed by atoms with Crippen LogP contribution in [0.5, 0.6) is 0 Å². The largest absolute Gasteiger partial charge is 0.453 e. The molecule has 7 heteroatoms. The number of benzene rings is 2. The average Bonchev–Trinajstić information content (AvgIpc) is 2.57. The maximum absolute atomic E-state index is 13.1. The van der Waals surface area contributed by atoms with Crippen molar-refractivity contribution in [3.63, 3.8) is 0 Å². The summed E-state index contributed by atoms with van der Waals surface area (Å²) in [5.41, 5.74) is 1.12. The van der Waals surface area contributed by atoms with Crippen LogP contribution in [0.2, 0.25) is 5.02 Å². The van der Waals surface area contributed by atoms with Gasteiger partial charge >= 0.3 is 6.09 Å². The maximum atomic E-state index is 13.1. The summed E-state index contributed by atoms with van der Waals surface area (Å²) in [6, 6.07) is 11.9. The van der Waals surface area contributed by atoms with E-state index in [9.17, 15) is 14.0 Å². The first-order chi connectivity index (χ1) is 11.5. The summed E-state index contributed by atoms with van der Waals surface area (Å²) in [4.78, 5) is 24.0. The zero-order valence-corrected chi connectivity index (χ0v) is 13.6. The number of ether oxygens (including phenoxy) is 1. The zero-order chi connectivity index (χ0) is 17.5. The molecule has 2 aromatic carbocycles. The summed E-state index contributed by atoms with van der Waals surface area (Å²) < 4.78 is 17.6. The summed E-state index contributed by atoms with van der Waals surface area (Å²) in [6.07, 6.45) is -0.461. The van der Waals surface area contributed by atoms with Gasteiger partial charge in [0.2, 0.25) is 5.91 Å². The monoisotopic (exact) mass is 350 g/mol. The molecule has 126 valence electrons. The highest BCUT2D eigenvalue weighted by molar-refractivity contribution is 6.33. The van der Waals surface area contributed by atoms with Gasteiger partial charge in [0, 0.05) is 6.42 Å². The summed E-state index contributed by atoms with van der Waals surface area (Å²) in [7, 11) is 1.21. The minimum atomic E-state index is -0.874. The molecule has 24 heavy (non-hydrogen) atoms. The fourth-order valence-corrected chi connectivity index (χ4v) is 2.29. The number of rotatable bonds is 5. The van der Waals surface area contributed by atoms with Gasteiger partial charge in [-0.25, -0.2) is 9.18 Å². The molecule has 0 aromatic heterocycles. The molecule has 0 fully saturated rings. The van der Waals surface area contributed by atoms with E-state index in [2.05, 4.69) is 15.4 Å². The Labute approximate surface area is 143 Å². The Hall–Kier alpha value is -2.60. The first-order valence-electron chi connectivity index (χ1n) is 7.14. The van der Waals surface area contributed by atoms with E-state index in [-0.39, 0.29) is 17.1 Å². The number of alkyl carbamates (subject to hydrolysis) is 1. The van der Waals surface area contributed by atoms with E-state index in [4.69, 9.17) is 11.6 Å². The van der Waals surface area contributed by atoms with E-state index >= 15 is 0 Å². The van der Waals surface area contributed by atoms with Gasteiger partial charge in [-0.1, -0.05) is 41.9 Å². The lowest BCUT2D eigenvalue weighted by Gasteiger charge is -2.18. The van der Waals surface area contributed by atoms with Crippen molar-refractivity contribution >= 4 is 29.3 Å². The maximum Gasteiger partial charge on any atom is 0.407 e. The standard InChI is InChI=1S/C17H16ClFN2O3/c1-24-17(23)21-15(9-11-5-3-2-4-6-11)16(22)20-14-8-7-12(19)10-13(14)18/h2-8,10,15H,9H2,1H3,(H,20,22)(H,21,23). The van der Waals surface area contributed by atoms with Crippen molar-refractivity contribution in [3.8, 4) is 0 Å². The first-order valence-corrected chi connectivity index (χ1v) is 7.51. The molecule has 0 saturated heterocycles. The van der Waals surface area contributed by atoms with Gasteiger partial charge < -0.3 is 15.4 Å². The first kappa shape index (κ1) is 17.7. The molecule has 0 aliphatic rings. The van der Waals surface area contributed by atoms with Crippen molar-refractivity contribution < 1.29 is 18.7 Å². The third-order valence-electron chi connectivity index (χ3n) is 3.27. The van der Waals surface area contributed by atoms with E-state index in [1.807, 2.05) is 30.3 Å². The quantitative estimate of drug-likeness (QED) is 0.868. The van der Waals surface area contributed by atoms with E-state index in [1.54, 1.807) is 0 Å². The highest BCUT2D eigenvalue weighted by Crippen LogP contribution is 2.22. The van der Waals surface area contributed by atoms with Gasteiger partial charge in [0.05, 0.1) is 17.8 Å². The summed E-state index contributed by atoms with van der Waals surface area (Å²) >= 11 is 5.90. The van der Waals surface area contributed by atoms with Crippen molar-refractivity contribution in [2.45, 2.75) is 12.5 Å². The third-order valence-corrected chi connectivity index (χ3v) is 3.58. The van der Waals surface area contributed by atoms with Crippen molar-refractivity contribution in [3.05, 3.63) is 64.9 Å². The number of carbonyl (C=O) groups is 2. The van der Waals surface area contributed by atoms with E-state index in [1.165, 1.54) is 19.2 Å². The molecule has 1 unspecified atom stereocenters. The van der Waals surface area contributed by atoms with Crippen molar-refractivity contribution in [1.29, 1.82) is 0 Å². The number of carbonyl (C=O) groups excluding carboxylic acids is 2. The molecule has 0 aliphatic carbocycles. The molecular weight excluding hydrogens is 335 g/mol. The third kappa shape index (κ3) is 4.96. The number of hydrogen-bond acceptors (Lipinski definition) is 3. The lowest BCUT2D eigenvalue weighted by atomic mass is 10.1. The number of hydrogen-bond donors (Lipinski definition) is 2. The molecule has 0 bridgehead atoms. The van der Waals surface area contributed by atoms with Gasteiger partial charge in [-0.3, -0.25) is 4.79 Å². The Balaban J connectivity index is 2.15. The van der Waals surface area contributed by atoms with Crippen molar-refractivity contribution in [2.75, 3.05) is 12.4 Å². The summed E-state index contributed by atoms with van der Waals surface area (Å²) in [6.45, 7) is 0. The highest BCUT2D eigenvalue weighted by atomic mass is 35.5. The number of amides is 2. The fraction of sp³-hybridized carbons (Fsp3) is 0.176. The van der Waals surface area contributed by atoms with Gasteiger partial charge in [-0.2, -0.15) is 0 Å². The van der Waals surface area contributed by atoms with Crippen LogP contribution in [-0.4, -0.2) is 25.2 Å². The van der Waals surface area contributed by atoms with E-state index in [0.717, 1.165) is 11.6 Å². The van der Waals surface area contributed by atoms with Crippen LogP contribution in [0.4, 0.5) is 14.9 Å². The SMILES string of the molecule is COC(=O)NC(Cc1ccccc1)C(=O)Nc1ccc(F)cc1Cl.